The average Bonchev–Trinajstić information content (AvgIpc) is 2.36. The van der Waals surface area contributed by atoms with E-state index in [1.165, 1.54) is 25.0 Å². The van der Waals surface area contributed by atoms with Crippen molar-refractivity contribution in [3.63, 3.8) is 0 Å². The molecule has 106 valence electrons. The van der Waals surface area contributed by atoms with Crippen molar-refractivity contribution in [2.45, 2.75) is 51.3 Å². The van der Waals surface area contributed by atoms with E-state index in [1.807, 2.05) is 32.5 Å². The standard InChI is InChI=1S/C14H23N3OS/c1-9(15-8-12-6-4-5-7-19-12)13-10(2)16-11(3)17-14(13)18/h9,12,15H,4-8H2,1-3H3,(H,16,17,18). The zero-order valence-corrected chi connectivity index (χ0v) is 12.8. The second kappa shape index (κ2) is 6.57. The third-order valence-electron chi connectivity index (χ3n) is 3.62. The highest BCUT2D eigenvalue weighted by Crippen LogP contribution is 2.25. The van der Waals surface area contributed by atoms with Gasteiger partial charge in [-0.1, -0.05) is 6.42 Å². The summed E-state index contributed by atoms with van der Waals surface area (Å²) in [6, 6.07) is 0.0550. The van der Waals surface area contributed by atoms with Crippen LogP contribution in [0.4, 0.5) is 0 Å². The van der Waals surface area contributed by atoms with E-state index in [-0.39, 0.29) is 11.6 Å². The molecule has 0 saturated carbocycles. The number of aryl methyl sites for hydroxylation is 2. The minimum Gasteiger partial charge on any atom is -0.310 e. The van der Waals surface area contributed by atoms with Crippen LogP contribution >= 0.6 is 11.8 Å². The molecule has 0 aliphatic carbocycles. The highest BCUT2D eigenvalue weighted by Gasteiger charge is 2.18. The maximum Gasteiger partial charge on any atom is 0.255 e. The summed E-state index contributed by atoms with van der Waals surface area (Å²) in [4.78, 5) is 19.1. The second-order valence-electron chi connectivity index (χ2n) is 5.27. The number of nitrogens with zero attached hydrogens (tertiary/aromatic N) is 1. The van der Waals surface area contributed by atoms with Crippen molar-refractivity contribution in [2.75, 3.05) is 12.3 Å². The molecule has 1 aromatic rings. The van der Waals surface area contributed by atoms with Crippen LogP contribution in [-0.2, 0) is 0 Å². The van der Waals surface area contributed by atoms with Crippen molar-refractivity contribution in [3.05, 3.63) is 27.4 Å². The Morgan fingerprint density at radius 2 is 2.26 bits per heavy atom. The first-order valence-corrected chi connectivity index (χ1v) is 8.05. The lowest BCUT2D eigenvalue weighted by molar-refractivity contribution is 0.531. The van der Waals surface area contributed by atoms with E-state index in [1.54, 1.807) is 0 Å². The molecule has 1 aromatic heterocycles. The molecule has 2 atom stereocenters. The Morgan fingerprint density at radius 1 is 1.47 bits per heavy atom. The molecule has 2 rings (SSSR count). The summed E-state index contributed by atoms with van der Waals surface area (Å²) in [7, 11) is 0. The lowest BCUT2D eigenvalue weighted by Gasteiger charge is -2.24. The molecular formula is C14H23N3OS. The van der Waals surface area contributed by atoms with Gasteiger partial charge in [-0.3, -0.25) is 4.79 Å². The van der Waals surface area contributed by atoms with E-state index < -0.39 is 0 Å². The van der Waals surface area contributed by atoms with Crippen LogP contribution in [0.2, 0.25) is 0 Å². The van der Waals surface area contributed by atoms with Gasteiger partial charge < -0.3 is 10.3 Å². The van der Waals surface area contributed by atoms with E-state index in [2.05, 4.69) is 15.3 Å². The Bertz CT molecular complexity index is 480. The number of thioether (sulfide) groups is 1. The van der Waals surface area contributed by atoms with E-state index in [0.29, 0.717) is 11.1 Å². The number of hydrogen-bond donors (Lipinski definition) is 2. The number of nitrogens with one attached hydrogen (secondary N) is 2. The Hall–Kier alpha value is -0.810. The first-order chi connectivity index (χ1) is 9.08. The molecule has 0 spiro atoms. The third-order valence-corrected chi connectivity index (χ3v) is 5.02. The van der Waals surface area contributed by atoms with Crippen LogP contribution in [0.25, 0.3) is 0 Å². The Kier molecular flexibility index (Phi) is 5.05. The molecular weight excluding hydrogens is 258 g/mol. The molecule has 1 fully saturated rings. The van der Waals surface area contributed by atoms with Gasteiger partial charge >= 0.3 is 0 Å². The van der Waals surface area contributed by atoms with Crippen molar-refractivity contribution >= 4 is 11.8 Å². The van der Waals surface area contributed by atoms with Crippen molar-refractivity contribution in [2.24, 2.45) is 0 Å². The fourth-order valence-corrected chi connectivity index (χ4v) is 3.88. The Labute approximate surface area is 118 Å². The fraction of sp³-hybridized carbons (Fsp3) is 0.714. The van der Waals surface area contributed by atoms with Gasteiger partial charge in [-0.15, -0.1) is 0 Å². The summed E-state index contributed by atoms with van der Waals surface area (Å²) in [5.74, 6) is 1.95. The van der Waals surface area contributed by atoms with Gasteiger partial charge in [0.05, 0.1) is 5.56 Å². The topological polar surface area (TPSA) is 57.8 Å². The Balaban J connectivity index is 1.99. The number of aromatic amines is 1. The largest absolute Gasteiger partial charge is 0.310 e. The van der Waals surface area contributed by atoms with Crippen molar-refractivity contribution in [3.8, 4) is 0 Å². The summed E-state index contributed by atoms with van der Waals surface area (Å²) in [6.07, 6.45) is 3.96. The molecule has 1 aliphatic heterocycles. The number of aromatic nitrogens is 2. The number of hydrogen-bond acceptors (Lipinski definition) is 4. The zero-order valence-electron chi connectivity index (χ0n) is 12.0. The lowest BCUT2D eigenvalue weighted by atomic mass is 10.1. The average molecular weight is 281 g/mol. The monoisotopic (exact) mass is 281 g/mol. The normalized spacial score (nSPS) is 21.3. The van der Waals surface area contributed by atoms with Crippen LogP contribution < -0.4 is 10.9 Å². The van der Waals surface area contributed by atoms with Gasteiger partial charge in [0, 0.05) is 23.5 Å². The van der Waals surface area contributed by atoms with Gasteiger partial charge in [0.25, 0.3) is 5.56 Å². The molecule has 2 heterocycles. The van der Waals surface area contributed by atoms with Crippen LogP contribution in [0.1, 0.15) is 49.3 Å². The number of H-pyrrole nitrogens is 1. The molecule has 0 radical (unpaired) electrons. The van der Waals surface area contributed by atoms with E-state index in [9.17, 15) is 4.79 Å². The van der Waals surface area contributed by atoms with Crippen LogP contribution in [0, 0.1) is 13.8 Å². The molecule has 0 bridgehead atoms. The predicted molar refractivity (Wildman–Crippen MR) is 80.8 cm³/mol. The fourth-order valence-electron chi connectivity index (χ4n) is 2.62. The minimum atomic E-state index is -0.0127. The highest BCUT2D eigenvalue weighted by atomic mass is 32.2. The molecule has 5 heteroatoms. The predicted octanol–water partition coefficient (Wildman–Crippen LogP) is 2.32. The third kappa shape index (κ3) is 3.83. The maximum atomic E-state index is 12.0. The van der Waals surface area contributed by atoms with Gasteiger partial charge in [0.2, 0.25) is 0 Å². The summed E-state index contributed by atoms with van der Waals surface area (Å²) in [5.41, 5.74) is 1.59. The van der Waals surface area contributed by atoms with Crippen molar-refractivity contribution in [1.82, 2.24) is 15.3 Å². The van der Waals surface area contributed by atoms with E-state index in [4.69, 9.17) is 0 Å². The quantitative estimate of drug-likeness (QED) is 0.889. The van der Waals surface area contributed by atoms with Gasteiger partial charge in [0.1, 0.15) is 5.82 Å². The summed E-state index contributed by atoms with van der Waals surface area (Å²) in [5, 5.41) is 4.18. The van der Waals surface area contributed by atoms with Gasteiger partial charge in [0.15, 0.2) is 0 Å². The molecule has 0 amide bonds. The maximum absolute atomic E-state index is 12.0. The SMILES string of the molecule is Cc1nc(C)c(C(C)NCC2CCCCS2)c(=O)[nH]1. The molecule has 2 N–H and O–H groups in total. The summed E-state index contributed by atoms with van der Waals surface area (Å²) >= 11 is 2.05. The smallest absolute Gasteiger partial charge is 0.255 e. The Morgan fingerprint density at radius 3 is 2.89 bits per heavy atom. The summed E-state index contributed by atoms with van der Waals surface area (Å²) in [6.45, 7) is 6.74. The van der Waals surface area contributed by atoms with Gasteiger partial charge in [-0.2, -0.15) is 11.8 Å². The van der Waals surface area contributed by atoms with Crippen molar-refractivity contribution in [1.29, 1.82) is 0 Å². The van der Waals surface area contributed by atoms with Gasteiger partial charge in [-0.05, 0) is 39.4 Å². The molecule has 2 unspecified atom stereocenters. The number of rotatable bonds is 4. The molecule has 4 nitrogen and oxygen atoms in total. The summed E-state index contributed by atoms with van der Waals surface area (Å²) < 4.78 is 0. The molecule has 1 saturated heterocycles. The van der Waals surface area contributed by atoms with Crippen molar-refractivity contribution < 1.29 is 0 Å². The van der Waals surface area contributed by atoms with Crippen LogP contribution in [0.3, 0.4) is 0 Å². The first kappa shape index (κ1) is 14.6. The highest BCUT2D eigenvalue weighted by molar-refractivity contribution is 7.99. The second-order valence-corrected chi connectivity index (χ2v) is 6.68. The van der Waals surface area contributed by atoms with Gasteiger partial charge in [-0.25, -0.2) is 4.98 Å². The molecule has 1 aliphatic rings. The van der Waals surface area contributed by atoms with Crippen LogP contribution in [0.5, 0.6) is 0 Å². The van der Waals surface area contributed by atoms with E-state index in [0.717, 1.165) is 17.8 Å². The first-order valence-electron chi connectivity index (χ1n) is 7.00. The lowest BCUT2D eigenvalue weighted by Crippen LogP contribution is -2.33. The van der Waals surface area contributed by atoms with E-state index >= 15 is 0 Å². The zero-order chi connectivity index (χ0) is 13.8. The molecule has 0 aromatic carbocycles. The molecule has 19 heavy (non-hydrogen) atoms. The van der Waals surface area contributed by atoms with Crippen LogP contribution in [-0.4, -0.2) is 27.5 Å². The minimum absolute atomic E-state index is 0.0127. The van der Waals surface area contributed by atoms with Crippen LogP contribution in [0.15, 0.2) is 4.79 Å².